The highest BCUT2D eigenvalue weighted by atomic mass is 32.1. The molecule has 1 unspecified atom stereocenters. The highest BCUT2D eigenvalue weighted by Crippen LogP contribution is 2.41. The molecule has 1 aromatic carbocycles. The lowest BCUT2D eigenvalue weighted by Gasteiger charge is -2.28. The number of thiophene rings is 1. The van der Waals surface area contributed by atoms with Crippen molar-refractivity contribution in [2.75, 3.05) is 13.1 Å². The van der Waals surface area contributed by atoms with Crippen molar-refractivity contribution in [3.63, 3.8) is 0 Å². The molecule has 140 valence electrons. The Balaban J connectivity index is 1.84. The van der Waals surface area contributed by atoms with E-state index in [2.05, 4.69) is 6.92 Å². The Morgan fingerprint density at radius 1 is 1.27 bits per heavy atom. The first-order valence-corrected chi connectivity index (χ1v) is 10.1. The highest BCUT2D eigenvalue weighted by molar-refractivity contribution is 7.20. The van der Waals surface area contributed by atoms with E-state index in [4.69, 9.17) is 4.74 Å². The van der Waals surface area contributed by atoms with Gasteiger partial charge in [0.2, 0.25) is 0 Å². The van der Waals surface area contributed by atoms with Crippen LogP contribution in [0.25, 0.3) is 10.1 Å². The van der Waals surface area contributed by atoms with Crippen molar-refractivity contribution in [3.8, 4) is 0 Å². The molecular formula is C21H27NO3S. The van der Waals surface area contributed by atoms with Crippen LogP contribution in [-0.4, -0.2) is 35.5 Å². The third kappa shape index (κ3) is 3.78. The summed E-state index contributed by atoms with van der Waals surface area (Å²) in [5, 5.41) is 1.11. The second kappa shape index (κ2) is 7.03. The average molecular weight is 374 g/mol. The van der Waals surface area contributed by atoms with E-state index in [1.54, 1.807) is 16.2 Å². The van der Waals surface area contributed by atoms with E-state index < -0.39 is 11.0 Å². The topological polar surface area (TPSA) is 46.6 Å². The van der Waals surface area contributed by atoms with Gasteiger partial charge >= 0.3 is 6.09 Å². The number of likely N-dealkylation sites (tertiary alicyclic amines) is 1. The molecule has 1 saturated heterocycles. The van der Waals surface area contributed by atoms with Gasteiger partial charge in [0.1, 0.15) is 5.60 Å². The standard InChI is InChI=1S/C21H27NO3S/c1-5-10-21(11-12-22(14-21)19(24)25-20(2,3)4)18(23)17-13-15-8-6-7-9-16(15)26-17/h6-9,13H,5,10-12,14H2,1-4H3. The number of fused-ring (bicyclic) bond motifs is 1. The number of rotatable bonds is 4. The minimum Gasteiger partial charge on any atom is -0.444 e. The van der Waals surface area contributed by atoms with E-state index in [0.29, 0.717) is 19.5 Å². The van der Waals surface area contributed by atoms with Crippen LogP contribution in [0.5, 0.6) is 0 Å². The van der Waals surface area contributed by atoms with Crippen molar-refractivity contribution in [2.45, 2.75) is 52.6 Å². The van der Waals surface area contributed by atoms with Gasteiger partial charge in [-0.3, -0.25) is 4.79 Å². The van der Waals surface area contributed by atoms with E-state index in [0.717, 1.165) is 27.8 Å². The lowest BCUT2D eigenvalue weighted by molar-refractivity contribution is 0.0272. The minimum absolute atomic E-state index is 0.173. The molecule has 2 aromatic rings. The van der Waals surface area contributed by atoms with Gasteiger partial charge in [-0.15, -0.1) is 11.3 Å². The van der Waals surface area contributed by atoms with Crippen LogP contribution in [0.4, 0.5) is 4.79 Å². The zero-order valence-electron chi connectivity index (χ0n) is 16.0. The predicted octanol–water partition coefficient (Wildman–Crippen LogP) is 5.51. The molecule has 1 amide bonds. The average Bonchev–Trinajstić information content (AvgIpc) is 3.17. The number of hydrogen-bond donors (Lipinski definition) is 0. The summed E-state index contributed by atoms with van der Waals surface area (Å²) in [6.45, 7) is 8.71. The molecule has 0 aliphatic carbocycles. The van der Waals surface area contributed by atoms with Crippen LogP contribution in [0.2, 0.25) is 0 Å². The van der Waals surface area contributed by atoms with Gasteiger partial charge in [-0.05, 0) is 51.1 Å². The van der Waals surface area contributed by atoms with Crippen molar-refractivity contribution in [3.05, 3.63) is 35.2 Å². The van der Waals surface area contributed by atoms with Crippen molar-refractivity contribution in [1.82, 2.24) is 4.90 Å². The Labute approximate surface area is 159 Å². The summed E-state index contributed by atoms with van der Waals surface area (Å²) in [7, 11) is 0. The maximum atomic E-state index is 13.4. The Bertz CT molecular complexity index is 787. The van der Waals surface area contributed by atoms with E-state index in [-0.39, 0.29) is 11.9 Å². The monoisotopic (exact) mass is 373 g/mol. The fourth-order valence-electron chi connectivity index (χ4n) is 3.69. The molecule has 0 N–H and O–H groups in total. The number of nitrogens with zero attached hydrogens (tertiary/aromatic N) is 1. The van der Waals surface area contributed by atoms with Crippen LogP contribution >= 0.6 is 11.3 Å². The predicted molar refractivity (Wildman–Crippen MR) is 106 cm³/mol. The third-order valence-corrected chi connectivity index (χ3v) is 5.98. The van der Waals surface area contributed by atoms with Gasteiger partial charge in [-0.2, -0.15) is 0 Å². The number of benzene rings is 1. The molecule has 0 spiro atoms. The summed E-state index contributed by atoms with van der Waals surface area (Å²) < 4.78 is 6.63. The normalized spacial score (nSPS) is 20.5. The van der Waals surface area contributed by atoms with Gasteiger partial charge < -0.3 is 9.64 Å². The van der Waals surface area contributed by atoms with Gasteiger partial charge in [0, 0.05) is 17.8 Å². The lowest BCUT2D eigenvalue weighted by atomic mass is 9.78. The van der Waals surface area contributed by atoms with E-state index in [1.807, 2.05) is 51.1 Å². The fraction of sp³-hybridized carbons (Fsp3) is 0.524. The molecule has 1 aliphatic heterocycles. The molecular weight excluding hydrogens is 346 g/mol. The number of amides is 1. The Morgan fingerprint density at radius 3 is 2.65 bits per heavy atom. The number of carbonyl (C=O) groups excluding carboxylic acids is 2. The minimum atomic E-state index is -0.525. The second-order valence-electron chi connectivity index (χ2n) is 8.16. The van der Waals surface area contributed by atoms with Crippen LogP contribution in [0.1, 0.15) is 56.6 Å². The molecule has 3 rings (SSSR count). The van der Waals surface area contributed by atoms with Gasteiger partial charge in [0.25, 0.3) is 0 Å². The number of hydrogen-bond acceptors (Lipinski definition) is 4. The van der Waals surface area contributed by atoms with Crippen molar-refractivity contribution >= 4 is 33.3 Å². The summed E-state index contributed by atoms with van der Waals surface area (Å²) in [6, 6.07) is 10.1. The van der Waals surface area contributed by atoms with Crippen LogP contribution in [0.15, 0.2) is 30.3 Å². The zero-order valence-corrected chi connectivity index (χ0v) is 16.8. The SMILES string of the molecule is CCCC1(C(=O)c2cc3ccccc3s2)CCN(C(=O)OC(C)(C)C)C1. The summed E-state index contributed by atoms with van der Waals surface area (Å²) >= 11 is 1.55. The Morgan fingerprint density at radius 2 is 2.00 bits per heavy atom. The molecule has 5 heteroatoms. The first-order chi connectivity index (χ1) is 12.2. The maximum Gasteiger partial charge on any atom is 0.410 e. The largest absolute Gasteiger partial charge is 0.444 e. The second-order valence-corrected chi connectivity index (χ2v) is 9.24. The molecule has 4 nitrogen and oxygen atoms in total. The first-order valence-electron chi connectivity index (χ1n) is 9.25. The fourth-order valence-corrected chi connectivity index (χ4v) is 4.81. The maximum absolute atomic E-state index is 13.4. The van der Waals surface area contributed by atoms with Crippen LogP contribution < -0.4 is 0 Å². The van der Waals surface area contributed by atoms with Crippen LogP contribution in [-0.2, 0) is 4.74 Å². The molecule has 1 fully saturated rings. The van der Waals surface area contributed by atoms with E-state index >= 15 is 0 Å². The molecule has 1 aromatic heterocycles. The van der Waals surface area contributed by atoms with Gasteiger partial charge in [-0.25, -0.2) is 4.79 Å². The molecule has 2 heterocycles. The number of Topliss-reactive ketones (excluding diaryl/α,β-unsaturated/α-hetero) is 1. The summed E-state index contributed by atoms with van der Waals surface area (Å²) in [6.07, 6.45) is 2.09. The summed E-state index contributed by atoms with van der Waals surface area (Å²) in [4.78, 5) is 28.4. The van der Waals surface area contributed by atoms with Gasteiger partial charge in [0.15, 0.2) is 5.78 Å². The van der Waals surface area contributed by atoms with E-state index in [1.165, 1.54) is 0 Å². The molecule has 0 radical (unpaired) electrons. The van der Waals surface area contributed by atoms with Gasteiger partial charge in [0.05, 0.1) is 10.3 Å². The quantitative estimate of drug-likeness (QED) is 0.664. The Kier molecular flexibility index (Phi) is 5.11. The smallest absolute Gasteiger partial charge is 0.410 e. The molecule has 1 atom stereocenters. The lowest BCUT2D eigenvalue weighted by Crippen LogP contribution is -2.39. The van der Waals surface area contributed by atoms with Crippen molar-refractivity contribution in [1.29, 1.82) is 0 Å². The van der Waals surface area contributed by atoms with Gasteiger partial charge in [-0.1, -0.05) is 31.5 Å². The number of carbonyl (C=O) groups is 2. The van der Waals surface area contributed by atoms with E-state index in [9.17, 15) is 9.59 Å². The molecule has 26 heavy (non-hydrogen) atoms. The van der Waals surface area contributed by atoms with Crippen LogP contribution in [0, 0.1) is 5.41 Å². The summed E-state index contributed by atoms with van der Waals surface area (Å²) in [5.74, 6) is 0.173. The number of ketones is 1. The number of ether oxygens (including phenoxy) is 1. The van der Waals surface area contributed by atoms with Crippen molar-refractivity contribution < 1.29 is 14.3 Å². The third-order valence-electron chi connectivity index (χ3n) is 4.87. The molecule has 1 aliphatic rings. The van der Waals surface area contributed by atoms with Crippen molar-refractivity contribution in [2.24, 2.45) is 5.41 Å². The van der Waals surface area contributed by atoms with Crippen LogP contribution in [0.3, 0.4) is 0 Å². The molecule has 0 bridgehead atoms. The highest BCUT2D eigenvalue weighted by Gasteiger charge is 2.46. The Hall–Kier alpha value is -1.88. The molecule has 0 saturated carbocycles. The zero-order chi connectivity index (χ0) is 18.9. The summed E-state index contributed by atoms with van der Waals surface area (Å²) in [5.41, 5.74) is -1.02. The first kappa shape index (κ1) is 18.9.